The molecule has 0 aliphatic rings. The first-order valence-electron chi connectivity index (χ1n) is 8.50. The van der Waals surface area contributed by atoms with Gasteiger partial charge in [-0.1, -0.05) is 38.4 Å². The second-order valence-corrected chi connectivity index (χ2v) is 7.94. The fourth-order valence-corrected chi connectivity index (χ4v) is 3.16. The number of hydrogen-bond donors (Lipinski definition) is 3. The standard InChI is InChI=1S/C20H21ClN4O2/c1-11-5-12(7-13(21)6-11)8-15-18(26)25-16(19(27)24-15)9-14-17(20(2,3)4)23-10-22-14/h5-10H,1-4H3,(H,22,23)(H,24,27)(H,25,26)/b15-8-,16-9-. The monoisotopic (exact) mass is 384 g/mol. The van der Waals surface area contributed by atoms with Crippen molar-refractivity contribution in [2.45, 2.75) is 33.1 Å². The molecule has 0 bridgehead atoms. The normalized spacial score (nSPS) is 13.4. The average Bonchev–Trinajstić information content (AvgIpc) is 2.99. The minimum absolute atomic E-state index is 0.150. The molecule has 140 valence electrons. The van der Waals surface area contributed by atoms with Crippen LogP contribution in [0.2, 0.25) is 5.02 Å². The zero-order valence-electron chi connectivity index (χ0n) is 15.6. The number of imidazole rings is 1. The molecule has 0 fully saturated rings. The van der Waals surface area contributed by atoms with Crippen molar-refractivity contribution in [2.24, 2.45) is 0 Å². The Labute approximate surface area is 160 Å². The summed E-state index contributed by atoms with van der Waals surface area (Å²) in [7, 11) is 0. The molecule has 6 nitrogen and oxygen atoms in total. The summed E-state index contributed by atoms with van der Waals surface area (Å²) in [5, 5.41) is 0.882. The highest BCUT2D eigenvalue weighted by Gasteiger charge is 2.19. The number of rotatable bonds is 2. The van der Waals surface area contributed by atoms with Gasteiger partial charge in [0.05, 0.1) is 12.0 Å². The first-order valence-corrected chi connectivity index (χ1v) is 8.88. The molecule has 0 unspecified atom stereocenters. The first-order chi connectivity index (χ1) is 12.6. The quantitative estimate of drug-likeness (QED) is 0.627. The molecule has 2 heterocycles. The van der Waals surface area contributed by atoms with E-state index >= 15 is 0 Å². The maximum atomic E-state index is 12.5. The van der Waals surface area contributed by atoms with Crippen molar-refractivity contribution in [1.29, 1.82) is 0 Å². The molecule has 0 spiro atoms. The van der Waals surface area contributed by atoms with Crippen molar-refractivity contribution in [3.63, 3.8) is 0 Å². The lowest BCUT2D eigenvalue weighted by atomic mass is 9.90. The molecule has 3 rings (SSSR count). The van der Waals surface area contributed by atoms with Gasteiger partial charge < -0.3 is 15.0 Å². The maximum Gasteiger partial charge on any atom is 0.272 e. The molecule has 1 aromatic carbocycles. The fraction of sp³-hybridized carbons (Fsp3) is 0.250. The van der Waals surface area contributed by atoms with E-state index in [0.717, 1.165) is 16.8 Å². The van der Waals surface area contributed by atoms with Gasteiger partial charge in [-0.2, -0.15) is 0 Å². The van der Waals surface area contributed by atoms with Gasteiger partial charge in [0.25, 0.3) is 11.1 Å². The lowest BCUT2D eigenvalue weighted by Gasteiger charge is -2.16. The number of H-pyrrole nitrogens is 3. The topological polar surface area (TPSA) is 94.4 Å². The Hall–Kier alpha value is -2.86. The second kappa shape index (κ2) is 7.04. The number of aryl methyl sites for hydroxylation is 1. The smallest absolute Gasteiger partial charge is 0.272 e. The Kier molecular flexibility index (Phi) is 4.93. The predicted octanol–water partition coefficient (Wildman–Crippen LogP) is 1.70. The number of benzene rings is 1. The van der Waals surface area contributed by atoms with Gasteiger partial charge in [0.1, 0.15) is 10.7 Å². The number of nitrogens with zero attached hydrogens (tertiary/aromatic N) is 1. The summed E-state index contributed by atoms with van der Waals surface area (Å²) in [5.74, 6) is 0. The number of aromatic amines is 3. The van der Waals surface area contributed by atoms with Crippen LogP contribution in [0.15, 0.2) is 34.1 Å². The average molecular weight is 385 g/mol. The molecule has 0 amide bonds. The van der Waals surface area contributed by atoms with Gasteiger partial charge >= 0.3 is 0 Å². The molecule has 0 saturated heterocycles. The summed E-state index contributed by atoms with van der Waals surface area (Å²) < 4.78 is 0. The predicted molar refractivity (Wildman–Crippen MR) is 108 cm³/mol. The van der Waals surface area contributed by atoms with Crippen molar-refractivity contribution < 1.29 is 0 Å². The van der Waals surface area contributed by atoms with Gasteiger partial charge in [-0.25, -0.2) is 4.98 Å². The largest absolute Gasteiger partial charge is 0.348 e. The Bertz CT molecular complexity index is 1210. The van der Waals surface area contributed by atoms with Gasteiger partial charge in [0, 0.05) is 16.1 Å². The van der Waals surface area contributed by atoms with Gasteiger partial charge in [-0.3, -0.25) is 9.59 Å². The lowest BCUT2D eigenvalue weighted by Crippen LogP contribution is -2.46. The van der Waals surface area contributed by atoms with E-state index in [9.17, 15) is 9.59 Å². The van der Waals surface area contributed by atoms with Crippen molar-refractivity contribution in [1.82, 2.24) is 19.9 Å². The summed E-state index contributed by atoms with van der Waals surface area (Å²) in [6.45, 7) is 8.02. The summed E-state index contributed by atoms with van der Waals surface area (Å²) in [6, 6.07) is 5.43. The van der Waals surface area contributed by atoms with E-state index in [0.29, 0.717) is 10.7 Å². The molecular weight excluding hydrogens is 364 g/mol. The summed E-state index contributed by atoms with van der Waals surface area (Å²) in [6.07, 6.45) is 4.74. The van der Waals surface area contributed by atoms with Crippen LogP contribution in [0.25, 0.3) is 12.2 Å². The molecule has 0 aliphatic carbocycles. The van der Waals surface area contributed by atoms with E-state index in [1.165, 1.54) is 0 Å². The van der Waals surface area contributed by atoms with Crippen LogP contribution in [-0.4, -0.2) is 19.9 Å². The van der Waals surface area contributed by atoms with Crippen LogP contribution in [0.5, 0.6) is 0 Å². The van der Waals surface area contributed by atoms with Crippen molar-refractivity contribution >= 4 is 23.8 Å². The molecule has 7 heteroatoms. The summed E-state index contributed by atoms with van der Waals surface area (Å²) >= 11 is 6.05. The molecule has 3 aromatic rings. The third kappa shape index (κ3) is 4.28. The fourth-order valence-electron chi connectivity index (χ4n) is 2.86. The van der Waals surface area contributed by atoms with Crippen LogP contribution in [0, 0.1) is 6.92 Å². The van der Waals surface area contributed by atoms with Gasteiger partial charge in [0.2, 0.25) is 0 Å². The Morgan fingerprint density at radius 1 is 1.00 bits per heavy atom. The Balaban J connectivity index is 2.14. The van der Waals surface area contributed by atoms with Crippen molar-refractivity contribution in [2.75, 3.05) is 0 Å². The van der Waals surface area contributed by atoms with Crippen LogP contribution in [-0.2, 0) is 5.41 Å². The Morgan fingerprint density at radius 3 is 2.22 bits per heavy atom. The molecule has 2 aromatic heterocycles. The highest BCUT2D eigenvalue weighted by molar-refractivity contribution is 6.30. The van der Waals surface area contributed by atoms with Crippen LogP contribution >= 0.6 is 11.6 Å². The Morgan fingerprint density at radius 2 is 1.63 bits per heavy atom. The van der Waals surface area contributed by atoms with Crippen LogP contribution in [0.1, 0.15) is 43.3 Å². The molecule has 0 aliphatic heterocycles. The molecule has 27 heavy (non-hydrogen) atoms. The van der Waals surface area contributed by atoms with E-state index in [1.54, 1.807) is 24.5 Å². The number of halogens is 1. The van der Waals surface area contributed by atoms with Gasteiger partial charge in [-0.05, 0) is 42.3 Å². The first kappa shape index (κ1) is 18.9. The number of aromatic nitrogens is 4. The highest BCUT2D eigenvalue weighted by Crippen LogP contribution is 2.22. The van der Waals surface area contributed by atoms with Crippen LogP contribution in [0.3, 0.4) is 0 Å². The van der Waals surface area contributed by atoms with Gasteiger partial charge in [-0.15, -0.1) is 0 Å². The zero-order valence-corrected chi connectivity index (χ0v) is 16.4. The molecule has 0 atom stereocenters. The van der Waals surface area contributed by atoms with Crippen LogP contribution < -0.4 is 21.8 Å². The highest BCUT2D eigenvalue weighted by atomic mass is 35.5. The summed E-state index contributed by atoms with van der Waals surface area (Å²) in [5.41, 5.74) is 2.23. The minimum atomic E-state index is -0.401. The number of hydrogen-bond acceptors (Lipinski definition) is 3. The van der Waals surface area contributed by atoms with Crippen molar-refractivity contribution in [3.8, 4) is 0 Å². The van der Waals surface area contributed by atoms with E-state index in [2.05, 4.69) is 19.9 Å². The van der Waals surface area contributed by atoms with Crippen LogP contribution in [0.4, 0.5) is 0 Å². The van der Waals surface area contributed by atoms with E-state index in [1.807, 2.05) is 39.8 Å². The SMILES string of the molecule is Cc1cc(Cl)cc(/C=c2\[nH]c(=O)/c(=C/c3nc[nH]c3C(C)(C)C)[nH]c2=O)c1. The van der Waals surface area contributed by atoms with Gasteiger partial charge in [0.15, 0.2) is 0 Å². The zero-order chi connectivity index (χ0) is 19.8. The molecule has 0 radical (unpaired) electrons. The minimum Gasteiger partial charge on any atom is -0.348 e. The van der Waals surface area contributed by atoms with E-state index in [4.69, 9.17) is 11.6 Å². The van der Waals surface area contributed by atoms with E-state index < -0.39 is 11.1 Å². The summed E-state index contributed by atoms with van der Waals surface area (Å²) in [4.78, 5) is 37.5. The van der Waals surface area contributed by atoms with Crippen molar-refractivity contribution in [3.05, 3.63) is 83.5 Å². The molecular formula is C20H21ClN4O2. The maximum absolute atomic E-state index is 12.5. The molecule has 3 N–H and O–H groups in total. The lowest BCUT2D eigenvalue weighted by molar-refractivity contribution is 0.571. The second-order valence-electron chi connectivity index (χ2n) is 7.50. The molecule has 0 saturated carbocycles. The number of nitrogens with one attached hydrogen (secondary N) is 3. The van der Waals surface area contributed by atoms with E-state index in [-0.39, 0.29) is 16.1 Å². The third-order valence-corrected chi connectivity index (χ3v) is 4.28. The third-order valence-electron chi connectivity index (χ3n) is 4.06.